The summed E-state index contributed by atoms with van der Waals surface area (Å²) in [5, 5.41) is 0. The van der Waals surface area contributed by atoms with Gasteiger partial charge in [0, 0.05) is 12.8 Å². The molecule has 0 aliphatic heterocycles. The lowest BCUT2D eigenvalue weighted by molar-refractivity contribution is -0.870. The van der Waals surface area contributed by atoms with Crippen LogP contribution in [0, 0.1) is 0 Å². The molecule has 0 saturated carbocycles. The van der Waals surface area contributed by atoms with Crippen LogP contribution < -0.4 is 4.89 Å². The molecule has 0 aliphatic carbocycles. The van der Waals surface area contributed by atoms with Crippen molar-refractivity contribution in [2.24, 2.45) is 0 Å². The normalized spacial score (nSPS) is 13.8. The van der Waals surface area contributed by atoms with Gasteiger partial charge in [0.15, 0.2) is 6.10 Å². The molecule has 10 heteroatoms. The highest BCUT2D eigenvalue weighted by atomic mass is 31.2. The fraction of sp³-hybridized carbons (Fsp3) is 0.860. The number of carbonyl (C=O) groups excluding carboxylic acids is 2. The molecular formula is C43H82NO8P. The smallest absolute Gasteiger partial charge is 0.306 e. The highest BCUT2D eigenvalue weighted by molar-refractivity contribution is 7.45. The largest absolute Gasteiger partial charge is 0.756 e. The van der Waals surface area contributed by atoms with Crippen LogP contribution in [0.25, 0.3) is 0 Å². The molecule has 0 N–H and O–H groups in total. The lowest BCUT2D eigenvalue weighted by Crippen LogP contribution is -2.37. The summed E-state index contributed by atoms with van der Waals surface area (Å²) in [6, 6.07) is 0. The van der Waals surface area contributed by atoms with Crippen molar-refractivity contribution in [2.75, 3.05) is 47.5 Å². The van der Waals surface area contributed by atoms with E-state index in [4.69, 9.17) is 18.5 Å². The molecule has 0 aliphatic rings. The van der Waals surface area contributed by atoms with Crippen molar-refractivity contribution in [2.45, 2.75) is 193 Å². The molecule has 1 unspecified atom stereocenters. The molecule has 9 nitrogen and oxygen atoms in total. The summed E-state index contributed by atoms with van der Waals surface area (Å²) < 4.78 is 33.8. The van der Waals surface area contributed by atoms with Gasteiger partial charge in [0.25, 0.3) is 7.82 Å². The molecule has 0 aromatic carbocycles. The van der Waals surface area contributed by atoms with Crippen LogP contribution >= 0.6 is 7.82 Å². The molecule has 0 spiro atoms. The Balaban J connectivity index is 4.42. The highest BCUT2D eigenvalue weighted by Crippen LogP contribution is 2.38. The SMILES string of the molecule is CCCCCCC/C=C/CCCCCCCC(=O)OC[C@H](COP(=O)([O-])OCC[N+](C)(C)C)OC(=O)CC/C=C/CCCCCCCCCCCCC. The van der Waals surface area contributed by atoms with E-state index in [1.54, 1.807) is 0 Å². The predicted octanol–water partition coefficient (Wildman–Crippen LogP) is 11.3. The Bertz CT molecular complexity index is 964. The van der Waals surface area contributed by atoms with E-state index < -0.39 is 32.5 Å². The number of esters is 2. The molecule has 0 aromatic heterocycles. The standard InChI is InChI=1S/C43H82NO8P/c1-6-8-10-12-14-16-18-20-22-24-26-28-30-32-34-36-43(46)52-41(40-51-53(47,48)50-38-37-44(3,4)5)39-49-42(45)35-33-31-29-27-25-23-21-19-17-15-13-11-9-7-2/h19,21,30,32,41H,6-18,20,22-29,31,33-40H2,1-5H3/b21-19+,32-30+/t41-/m1/s1. The van der Waals surface area contributed by atoms with Crippen LogP contribution in [0.5, 0.6) is 0 Å². The summed E-state index contributed by atoms with van der Waals surface area (Å²) in [7, 11) is 1.14. The average Bonchev–Trinajstić information content (AvgIpc) is 3.10. The zero-order valence-corrected chi connectivity index (χ0v) is 35.9. The first-order chi connectivity index (χ1) is 25.5. The van der Waals surface area contributed by atoms with Gasteiger partial charge < -0.3 is 27.9 Å². The van der Waals surface area contributed by atoms with Gasteiger partial charge in [-0.05, 0) is 51.4 Å². The number of ether oxygens (including phenoxy) is 2. The third kappa shape index (κ3) is 40.0. The zero-order valence-electron chi connectivity index (χ0n) is 35.0. The number of likely N-dealkylation sites (N-methyl/N-ethyl adjacent to an activating group) is 1. The summed E-state index contributed by atoms with van der Waals surface area (Å²) in [5.74, 6) is -0.898. The van der Waals surface area contributed by atoms with Crippen LogP contribution in [0.4, 0.5) is 0 Å². The first kappa shape index (κ1) is 51.5. The molecule has 312 valence electrons. The topological polar surface area (TPSA) is 111 Å². The number of phosphoric acid groups is 1. The summed E-state index contributed by atoms with van der Waals surface area (Å²) >= 11 is 0. The number of unbranched alkanes of at least 4 members (excludes halogenated alkanes) is 21. The van der Waals surface area contributed by atoms with E-state index in [-0.39, 0.29) is 26.1 Å². The second kappa shape index (κ2) is 36.1. The van der Waals surface area contributed by atoms with E-state index in [9.17, 15) is 19.0 Å². The van der Waals surface area contributed by atoms with E-state index >= 15 is 0 Å². The molecule has 0 saturated heterocycles. The van der Waals surface area contributed by atoms with Gasteiger partial charge in [-0.2, -0.15) is 0 Å². The Hall–Kier alpha value is -1.51. The molecule has 0 aromatic rings. The number of phosphoric ester groups is 1. The molecule has 0 bridgehead atoms. The maximum absolute atomic E-state index is 12.6. The monoisotopic (exact) mass is 772 g/mol. The fourth-order valence-electron chi connectivity index (χ4n) is 5.78. The number of carbonyl (C=O) groups is 2. The average molecular weight is 772 g/mol. The Morgan fingerprint density at radius 3 is 1.47 bits per heavy atom. The van der Waals surface area contributed by atoms with Gasteiger partial charge in [-0.25, -0.2) is 0 Å². The molecular weight excluding hydrogens is 689 g/mol. The summed E-state index contributed by atoms with van der Waals surface area (Å²) in [5.41, 5.74) is 0. The molecule has 53 heavy (non-hydrogen) atoms. The van der Waals surface area contributed by atoms with Crippen LogP contribution in [0.15, 0.2) is 24.3 Å². The Morgan fingerprint density at radius 1 is 0.566 bits per heavy atom. The Morgan fingerprint density at radius 2 is 1.00 bits per heavy atom. The summed E-state index contributed by atoms with van der Waals surface area (Å²) in [6.07, 6.45) is 37.8. The van der Waals surface area contributed by atoms with Crippen molar-refractivity contribution in [3.63, 3.8) is 0 Å². The van der Waals surface area contributed by atoms with Gasteiger partial charge in [-0.3, -0.25) is 14.2 Å². The van der Waals surface area contributed by atoms with Gasteiger partial charge in [0.2, 0.25) is 0 Å². The van der Waals surface area contributed by atoms with Crippen molar-refractivity contribution < 1.29 is 42.1 Å². The van der Waals surface area contributed by atoms with Crippen molar-refractivity contribution in [1.82, 2.24) is 0 Å². The van der Waals surface area contributed by atoms with Gasteiger partial charge >= 0.3 is 11.9 Å². The third-order valence-corrected chi connectivity index (χ3v) is 10.2. The first-order valence-electron chi connectivity index (χ1n) is 21.5. The molecule has 0 fully saturated rings. The van der Waals surface area contributed by atoms with Crippen LogP contribution in [0.3, 0.4) is 0 Å². The minimum atomic E-state index is -4.63. The van der Waals surface area contributed by atoms with Gasteiger partial charge in [-0.15, -0.1) is 0 Å². The second-order valence-electron chi connectivity index (χ2n) is 15.7. The maximum Gasteiger partial charge on any atom is 0.306 e. The van der Waals surface area contributed by atoms with Crippen LogP contribution in [-0.2, 0) is 32.7 Å². The Labute approximate surface area is 326 Å². The van der Waals surface area contributed by atoms with Crippen molar-refractivity contribution >= 4 is 19.8 Å². The van der Waals surface area contributed by atoms with Gasteiger partial charge in [0.05, 0.1) is 27.7 Å². The van der Waals surface area contributed by atoms with Crippen molar-refractivity contribution in [1.29, 1.82) is 0 Å². The summed E-state index contributed by atoms with van der Waals surface area (Å²) in [6.45, 7) is 4.17. The van der Waals surface area contributed by atoms with Crippen LogP contribution in [0.1, 0.15) is 187 Å². The quantitative estimate of drug-likeness (QED) is 0.0200. The van der Waals surface area contributed by atoms with Gasteiger partial charge in [-0.1, -0.05) is 147 Å². The minimum Gasteiger partial charge on any atom is -0.756 e. The number of hydrogen-bond donors (Lipinski definition) is 0. The van der Waals surface area contributed by atoms with Crippen molar-refractivity contribution in [3.8, 4) is 0 Å². The predicted molar refractivity (Wildman–Crippen MR) is 218 cm³/mol. The number of nitrogens with zero attached hydrogens (tertiary/aromatic N) is 1. The number of allylic oxidation sites excluding steroid dienone is 4. The molecule has 0 heterocycles. The van der Waals surface area contributed by atoms with E-state index in [2.05, 4.69) is 32.1 Å². The lowest BCUT2D eigenvalue weighted by atomic mass is 10.1. The highest BCUT2D eigenvalue weighted by Gasteiger charge is 2.21. The summed E-state index contributed by atoms with van der Waals surface area (Å²) in [4.78, 5) is 37.4. The van der Waals surface area contributed by atoms with E-state index in [0.29, 0.717) is 17.4 Å². The first-order valence-corrected chi connectivity index (χ1v) is 23.0. The minimum absolute atomic E-state index is 0.0366. The van der Waals surface area contributed by atoms with Crippen molar-refractivity contribution in [3.05, 3.63) is 24.3 Å². The molecule has 2 atom stereocenters. The third-order valence-electron chi connectivity index (χ3n) is 9.21. The molecule has 0 rings (SSSR count). The zero-order chi connectivity index (χ0) is 39.3. The Kier molecular flexibility index (Phi) is 35.1. The van der Waals surface area contributed by atoms with E-state index in [1.165, 1.54) is 103 Å². The lowest BCUT2D eigenvalue weighted by Gasteiger charge is -2.28. The van der Waals surface area contributed by atoms with E-state index in [0.717, 1.165) is 51.4 Å². The van der Waals surface area contributed by atoms with Crippen LogP contribution in [0.2, 0.25) is 0 Å². The van der Waals surface area contributed by atoms with Crippen LogP contribution in [-0.4, -0.2) is 70.0 Å². The fourth-order valence-corrected chi connectivity index (χ4v) is 6.51. The van der Waals surface area contributed by atoms with Gasteiger partial charge in [0.1, 0.15) is 19.8 Å². The maximum atomic E-state index is 12.6. The van der Waals surface area contributed by atoms with E-state index in [1.807, 2.05) is 27.2 Å². The number of hydrogen-bond acceptors (Lipinski definition) is 8. The molecule has 0 amide bonds. The molecule has 0 radical (unpaired) electrons. The second-order valence-corrected chi connectivity index (χ2v) is 17.1. The number of rotatable bonds is 39. The number of quaternary nitrogens is 1.